The highest BCUT2D eigenvalue weighted by molar-refractivity contribution is 6.08. The van der Waals surface area contributed by atoms with Crippen molar-refractivity contribution in [2.24, 2.45) is 5.92 Å². The number of hydrogen-bond acceptors (Lipinski definition) is 10. The number of piperidine rings is 1. The van der Waals surface area contributed by atoms with E-state index in [0.717, 1.165) is 55.2 Å². The van der Waals surface area contributed by atoms with Gasteiger partial charge in [0.2, 0.25) is 11.8 Å². The highest BCUT2D eigenvalue weighted by Crippen LogP contribution is 2.36. The average Bonchev–Trinajstić information content (AvgIpc) is 3.99. The third-order valence-electron chi connectivity index (χ3n) is 12.0. The van der Waals surface area contributed by atoms with Gasteiger partial charge in [-0.1, -0.05) is 36.4 Å². The normalized spacial score (nSPS) is 19.9. The molecule has 0 radical (unpaired) electrons. The molecule has 1 saturated carbocycles. The second kappa shape index (κ2) is 17.4. The van der Waals surface area contributed by atoms with Crippen LogP contribution in [0.2, 0.25) is 0 Å². The quantitative estimate of drug-likeness (QED) is 0.0976. The topological polar surface area (TPSA) is 183 Å². The molecule has 2 aromatic carbocycles. The van der Waals surface area contributed by atoms with E-state index in [1.165, 1.54) is 21.5 Å². The third kappa shape index (κ3) is 8.41. The Balaban J connectivity index is 0.764. The molecule has 2 saturated heterocycles. The minimum Gasteiger partial charge on any atom is -0.381 e. The maximum absolute atomic E-state index is 14.2. The number of imide groups is 1. The number of aromatic nitrogens is 7. The first kappa shape index (κ1) is 40.2. The summed E-state index contributed by atoms with van der Waals surface area (Å²) >= 11 is 0. The number of H-pyrrole nitrogens is 1. The Morgan fingerprint density at radius 3 is 2.64 bits per heavy atom. The molecule has 4 aromatic heterocycles. The Labute approximate surface area is 348 Å². The average molecular weight is 837 g/mol. The van der Waals surface area contributed by atoms with Crippen LogP contribution in [0.4, 0.5) is 20.3 Å². The number of amides is 3. The highest BCUT2D eigenvalue weighted by Gasteiger charge is 2.31. The lowest BCUT2D eigenvalue weighted by atomic mass is 9.86. The number of aryl methyl sites for hydroxylation is 1. The molecule has 318 valence electrons. The number of aromatic amines is 1. The molecule has 61 heavy (non-hydrogen) atoms. The number of alkyl halides is 2. The molecule has 0 bridgehead atoms. The maximum Gasteiger partial charge on any atom is 0.327 e. The van der Waals surface area contributed by atoms with Crippen molar-refractivity contribution in [1.82, 2.24) is 39.2 Å². The van der Waals surface area contributed by atoms with Crippen LogP contribution in [0, 0.1) is 5.92 Å². The van der Waals surface area contributed by atoms with Crippen molar-refractivity contribution >= 4 is 45.9 Å². The molecule has 6 heterocycles. The second-order valence-electron chi connectivity index (χ2n) is 15.9. The molecule has 3 aliphatic rings. The van der Waals surface area contributed by atoms with E-state index in [4.69, 9.17) is 9.47 Å². The summed E-state index contributed by atoms with van der Waals surface area (Å²) in [5.74, 6) is -0.379. The minimum absolute atomic E-state index is 0.0319. The number of morpholine rings is 1. The van der Waals surface area contributed by atoms with E-state index >= 15 is 0 Å². The second-order valence-corrected chi connectivity index (χ2v) is 15.9. The van der Waals surface area contributed by atoms with Crippen LogP contribution in [0.25, 0.3) is 27.8 Å². The number of fused-ring (bicyclic) bond motifs is 2. The predicted octanol–water partition coefficient (Wildman–Crippen LogP) is 5.62. The van der Waals surface area contributed by atoms with Crippen molar-refractivity contribution in [2.75, 3.05) is 49.7 Å². The number of nitrogens with one attached hydrogen (secondary N) is 3. The van der Waals surface area contributed by atoms with E-state index in [9.17, 15) is 28.0 Å². The van der Waals surface area contributed by atoms with Gasteiger partial charge in [0.05, 0.1) is 42.2 Å². The van der Waals surface area contributed by atoms with Crippen LogP contribution in [0.5, 0.6) is 0 Å². The van der Waals surface area contributed by atoms with Gasteiger partial charge in [0.15, 0.2) is 11.3 Å². The zero-order chi connectivity index (χ0) is 42.0. The number of imidazole rings is 1. The van der Waals surface area contributed by atoms with E-state index in [1.807, 2.05) is 30.3 Å². The van der Waals surface area contributed by atoms with Crippen LogP contribution in [0.1, 0.15) is 85.1 Å². The molecule has 2 aliphatic heterocycles. The van der Waals surface area contributed by atoms with Gasteiger partial charge >= 0.3 is 5.69 Å². The number of rotatable bonds is 13. The van der Waals surface area contributed by atoms with Crippen molar-refractivity contribution in [2.45, 2.75) is 69.9 Å². The van der Waals surface area contributed by atoms with Gasteiger partial charge in [0, 0.05) is 50.7 Å². The number of anilines is 2. The summed E-state index contributed by atoms with van der Waals surface area (Å²) in [4.78, 5) is 60.5. The summed E-state index contributed by atoms with van der Waals surface area (Å²) in [6, 6.07) is 14.7. The first-order valence-corrected chi connectivity index (χ1v) is 20.8. The summed E-state index contributed by atoms with van der Waals surface area (Å²) in [6.07, 6.45) is 6.98. The van der Waals surface area contributed by atoms with Crippen molar-refractivity contribution in [1.29, 1.82) is 0 Å². The van der Waals surface area contributed by atoms with Crippen LogP contribution in [-0.2, 0) is 25.5 Å². The van der Waals surface area contributed by atoms with Crippen LogP contribution in [-0.4, -0.2) is 91.2 Å². The Hall–Kier alpha value is -6.27. The van der Waals surface area contributed by atoms with E-state index in [0.29, 0.717) is 67.9 Å². The first-order valence-electron chi connectivity index (χ1n) is 20.8. The summed E-state index contributed by atoms with van der Waals surface area (Å²) in [7, 11) is 0. The van der Waals surface area contributed by atoms with Gasteiger partial charge in [-0.05, 0) is 74.1 Å². The number of hydrogen-bond donors (Lipinski definition) is 3. The number of carbonyl (C=O) groups excluding carboxylic acids is 3. The summed E-state index contributed by atoms with van der Waals surface area (Å²) in [5.41, 5.74) is 3.75. The van der Waals surface area contributed by atoms with Crippen LogP contribution in [0.3, 0.4) is 0 Å². The molecule has 1 unspecified atom stereocenters. The largest absolute Gasteiger partial charge is 0.381 e. The van der Waals surface area contributed by atoms with Gasteiger partial charge in [-0.15, -0.1) is 0 Å². The lowest BCUT2D eigenvalue weighted by Crippen LogP contribution is -2.43. The number of nitrogens with zero attached hydrogens (tertiary/aromatic N) is 7. The van der Waals surface area contributed by atoms with E-state index < -0.39 is 35.7 Å². The standard InChI is InChI=1S/C43H46F2N10O6/c44-39(45)38-32(47-41(57)31-23-46-53-16-15-35(48-40(31)53)52-17-20-60-21-18-52)24-54(51-38)29-11-9-27(10-12-29)25-61-19-3-5-26-4-1-6-28(22-26)30-7-2-8-33-37(30)50-43(59)55(33)34-13-14-36(56)49-42(34)58/h1-2,4,6-8,15-16,22-24,27,29,34,39H,3,5,9-14,17-21,25H2,(H,47,57)(H,50,59)(H,49,56,58). The number of halogens is 2. The fraction of sp³-hybridized carbons (Fsp3) is 0.419. The van der Waals surface area contributed by atoms with Crippen molar-refractivity contribution in [3.05, 3.63) is 94.4 Å². The summed E-state index contributed by atoms with van der Waals surface area (Å²) in [5, 5.41) is 13.5. The lowest BCUT2D eigenvalue weighted by Gasteiger charge is -2.28. The maximum atomic E-state index is 14.2. The first-order chi connectivity index (χ1) is 29.7. The molecular weight excluding hydrogens is 791 g/mol. The monoisotopic (exact) mass is 836 g/mol. The zero-order valence-corrected chi connectivity index (χ0v) is 33.4. The number of benzene rings is 2. The highest BCUT2D eigenvalue weighted by atomic mass is 19.3. The zero-order valence-electron chi connectivity index (χ0n) is 33.4. The molecule has 3 fully saturated rings. The third-order valence-corrected chi connectivity index (χ3v) is 12.0. The van der Waals surface area contributed by atoms with E-state index in [2.05, 4.69) is 47.8 Å². The fourth-order valence-corrected chi connectivity index (χ4v) is 8.75. The van der Waals surface area contributed by atoms with Gasteiger partial charge in [-0.2, -0.15) is 10.2 Å². The number of ether oxygens (including phenoxy) is 2. The Bertz CT molecular complexity index is 2640. The predicted molar refractivity (Wildman–Crippen MR) is 221 cm³/mol. The Morgan fingerprint density at radius 2 is 1.84 bits per heavy atom. The van der Waals surface area contributed by atoms with E-state index in [-0.39, 0.29) is 36.0 Å². The summed E-state index contributed by atoms with van der Waals surface area (Å²) in [6.45, 7) is 3.69. The molecule has 0 spiro atoms. The minimum atomic E-state index is -2.88. The van der Waals surface area contributed by atoms with Gasteiger partial charge < -0.3 is 24.7 Å². The summed E-state index contributed by atoms with van der Waals surface area (Å²) < 4.78 is 44.5. The van der Waals surface area contributed by atoms with Gasteiger partial charge in [-0.25, -0.2) is 23.1 Å². The van der Waals surface area contributed by atoms with Gasteiger partial charge in [0.1, 0.15) is 17.4 Å². The molecule has 6 aromatic rings. The van der Waals surface area contributed by atoms with Crippen molar-refractivity contribution < 1.29 is 32.6 Å². The number of carbonyl (C=O) groups is 3. The van der Waals surface area contributed by atoms with Crippen LogP contribution < -0.4 is 21.2 Å². The van der Waals surface area contributed by atoms with Crippen LogP contribution >= 0.6 is 0 Å². The van der Waals surface area contributed by atoms with Crippen molar-refractivity contribution in [3.8, 4) is 11.1 Å². The smallest absolute Gasteiger partial charge is 0.327 e. The van der Waals surface area contributed by atoms with Gasteiger partial charge in [-0.3, -0.25) is 28.9 Å². The van der Waals surface area contributed by atoms with E-state index in [1.54, 1.807) is 16.9 Å². The molecular formula is C43H46F2N10O6. The molecule has 9 rings (SSSR count). The fourth-order valence-electron chi connectivity index (χ4n) is 8.75. The Morgan fingerprint density at radius 1 is 1.02 bits per heavy atom. The molecule has 3 N–H and O–H groups in total. The molecule has 3 amide bonds. The molecule has 1 atom stereocenters. The SMILES string of the molecule is O=C1CCC(n2c(=O)[nH]c3c(-c4cccc(CCCOCC5CCC(n6cc(NC(=O)c7cnn8ccc(N9CCOCC9)nc78)c(C(F)F)n6)CC5)c4)cccc32)C(=O)N1. The molecule has 18 heteroatoms. The molecule has 16 nitrogen and oxygen atoms in total. The van der Waals surface area contributed by atoms with Gasteiger partial charge in [0.25, 0.3) is 12.3 Å². The van der Waals surface area contributed by atoms with Crippen LogP contribution in [0.15, 0.2) is 71.9 Å². The lowest BCUT2D eigenvalue weighted by molar-refractivity contribution is -0.135. The molecule has 1 aliphatic carbocycles. The number of para-hydroxylation sites is 1. The van der Waals surface area contributed by atoms with Crippen molar-refractivity contribution in [3.63, 3.8) is 0 Å². The Kier molecular flexibility index (Phi) is 11.4.